The Kier molecular flexibility index (Phi) is 6.58. The van der Waals surface area contributed by atoms with Gasteiger partial charge in [-0.2, -0.15) is 0 Å². The van der Waals surface area contributed by atoms with E-state index in [9.17, 15) is 19.1 Å². The molecule has 0 unspecified atom stereocenters. The summed E-state index contributed by atoms with van der Waals surface area (Å²) in [6.07, 6.45) is -4.84. The fourth-order valence-electron chi connectivity index (χ4n) is 3.04. The summed E-state index contributed by atoms with van der Waals surface area (Å²) in [5.41, 5.74) is -1.33. The van der Waals surface area contributed by atoms with Crippen molar-refractivity contribution in [2.45, 2.75) is 24.2 Å². The minimum absolute atomic E-state index is 0.202. The van der Waals surface area contributed by atoms with Gasteiger partial charge in [-0.1, -0.05) is 36.4 Å². The molecule has 8 heteroatoms. The predicted octanol–water partition coefficient (Wildman–Crippen LogP) is 2.14. The standard InChI is InChI=1S/C21H21FO7/c1-26-20-16(22)17(28-19(25)15-10-6-3-7-11-15)21(12-23,29-20)13-27-18(24)14-8-4-2-5-9-14/h2-11,16-17,20,23H,12-13H2,1H3/t16-,17-,20+,21+/m0/s1. The molecule has 154 valence electrons. The van der Waals surface area contributed by atoms with Gasteiger partial charge < -0.3 is 24.1 Å². The fraction of sp³-hybridized carbons (Fsp3) is 0.333. The smallest absolute Gasteiger partial charge is 0.338 e. The molecule has 0 saturated carbocycles. The van der Waals surface area contributed by atoms with Crippen LogP contribution in [0, 0.1) is 0 Å². The number of methoxy groups -OCH3 is 1. The molecule has 2 aromatic rings. The number of rotatable bonds is 7. The maximum Gasteiger partial charge on any atom is 0.338 e. The normalized spacial score (nSPS) is 26.1. The molecule has 1 saturated heterocycles. The minimum Gasteiger partial charge on any atom is -0.459 e. The molecule has 3 rings (SSSR count). The number of hydrogen-bond acceptors (Lipinski definition) is 7. The predicted molar refractivity (Wildman–Crippen MR) is 99.0 cm³/mol. The zero-order chi connectivity index (χ0) is 20.9. The van der Waals surface area contributed by atoms with E-state index < -0.39 is 49.3 Å². The number of esters is 2. The number of halogens is 1. The van der Waals surface area contributed by atoms with Crippen LogP contribution < -0.4 is 0 Å². The summed E-state index contributed by atoms with van der Waals surface area (Å²) in [6, 6.07) is 16.2. The fourth-order valence-corrected chi connectivity index (χ4v) is 3.04. The number of aliphatic hydroxyl groups excluding tert-OH is 1. The molecule has 0 amide bonds. The van der Waals surface area contributed by atoms with Crippen LogP contribution in [0.15, 0.2) is 60.7 Å². The number of aliphatic hydroxyl groups is 1. The van der Waals surface area contributed by atoms with Crippen LogP contribution in [0.5, 0.6) is 0 Å². The van der Waals surface area contributed by atoms with Crippen LogP contribution >= 0.6 is 0 Å². The van der Waals surface area contributed by atoms with Crippen molar-refractivity contribution >= 4 is 11.9 Å². The third-order valence-electron chi connectivity index (χ3n) is 4.62. The largest absolute Gasteiger partial charge is 0.459 e. The van der Waals surface area contributed by atoms with Gasteiger partial charge in [0.2, 0.25) is 0 Å². The minimum atomic E-state index is -1.89. The van der Waals surface area contributed by atoms with Crippen LogP contribution in [-0.2, 0) is 18.9 Å². The first-order chi connectivity index (χ1) is 14.0. The van der Waals surface area contributed by atoms with E-state index in [1.54, 1.807) is 48.5 Å². The average Bonchev–Trinajstić information content (AvgIpc) is 3.04. The molecular weight excluding hydrogens is 383 g/mol. The van der Waals surface area contributed by atoms with Crippen molar-refractivity contribution in [2.24, 2.45) is 0 Å². The van der Waals surface area contributed by atoms with Crippen molar-refractivity contribution in [1.82, 2.24) is 0 Å². The Morgan fingerprint density at radius 3 is 2.10 bits per heavy atom. The number of benzene rings is 2. The van der Waals surface area contributed by atoms with Crippen LogP contribution in [0.2, 0.25) is 0 Å². The summed E-state index contributed by atoms with van der Waals surface area (Å²) in [5, 5.41) is 9.96. The lowest BCUT2D eigenvalue weighted by Crippen LogP contribution is -2.52. The third-order valence-corrected chi connectivity index (χ3v) is 4.62. The second-order valence-corrected chi connectivity index (χ2v) is 6.52. The molecule has 4 atom stereocenters. The monoisotopic (exact) mass is 404 g/mol. The highest BCUT2D eigenvalue weighted by molar-refractivity contribution is 5.90. The number of ether oxygens (including phenoxy) is 4. The lowest BCUT2D eigenvalue weighted by atomic mass is 9.97. The molecule has 1 aliphatic heterocycles. The van der Waals surface area contributed by atoms with E-state index in [2.05, 4.69) is 0 Å². The van der Waals surface area contributed by atoms with Gasteiger partial charge in [0.15, 0.2) is 24.2 Å². The van der Waals surface area contributed by atoms with Gasteiger partial charge in [-0.05, 0) is 24.3 Å². The van der Waals surface area contributed by atoms with Crippen LogP contribution in [0.1, 0.15) is 20.7 Å². The molecular formula is C21H21FO7. The first-order valence-corrected chi connectivity index (χ1v) is 8.94. The van der Waals surface area contributed by atoms with Gasteiger partial charge in [0.1, 0.15) is 6.61 Å². The summed E-state index contributed by atoms with van der Waals surface area (Å²) >= 11 is 0. The zero-order valence-electron chi connectivity index (χ0n) is 15.7. The van der Waals surface area contributed by atoms with Gasteiger partial charge in [-0.3, -0.25) is 0 Å². The Morgan fingerprint density at radius 1 is 1.03 bits per heavy atom. The molecule has 1 aliphatic rings. The zero-order valence-corrected chi connectivity index (χ0v) is 15.7. The Labute approximate surface area is 167 Å². The van der Waals surface area contributed by atoms with E-state index in [1.165, 1.54) is 19.2 Å². The summed E-state index contributed by atoms with van der Waals surface area (Å²) in [6.45, 7) is -1.30. The van der Waals surface area contributed by atoms with E-state index in [-0.39, 0.29) is 11.1 Å². The highest BCUT2D eigenvalue weighted by Crippen LogP contribution is 2.36. The van der Waals surface area contributed by atoms with Crippen LogP contribution in [0.4, 0.5) is 4.39 Å². The number of carbonyl (C=O) groups excluding carboxylic acids is 2. The molecule has 0 aliphatic carbocycles. The van der Waals surface area contributed by atoms with Crippen LogP contribution in [0.25, 0.3) is 0 Å². The SMILES string of the molecule is CO[C@@H]1O[C@](CO)(COC(=O)c2ccccc2)[C@@H](OC(=O)c2ccccc2)[C@@H]1F. The molecule has 29 heavy (non-hydrogen) atoms. The van der Waals surface area contributed by atoms with E-state index >= 15 is 0 Å². The van der Waals surface area contributed by atoms with E-state index in [4.69, 9.17) is 18.9 Å². The molecule has 0 aromatic heterocycles. The van der Waals surface area contributed by atoms with E-state index in [1.807, 2.05) is 0 Å². The quantitative estimate of drug-likeness (QED) is 0.707. The van der Waals surface area contributed by atoms with Crippen molar-refractivity contribution in [3.05, 3.63) is 71.8 Å². The molecule has 1 N–H and O–H groups in total. The Hall–Kier alpha value is -2.81. The summed E-state index contributed by atoms with van der Waals surface area (Å²) in [7, 11) is 1.22. The molecule has 0 spiro atoms. The molecule has 7 nitrogen and oxygen atoms in total. The van der Waals surface area contributed by atoms with Crippen molar-refractivity contribution in [3.8, 4) is 0 Å². The number of alkyl halides is 1. The molecule has 1 heterocycles. The summed E-state index contributed by atoms with van der Waals surface area (Å²) in [4.78, 5) is 24.7. The van der Waals surface area contributed by atoms with Gasteiger partial charge in [0.05, 0.1) is 17.7 Å². The Bertz CT molecular complexity index is 829. The van der Waals surface area contributed by atoms with Crippen molar-refractivity contribution in [2.75, 3.05) is 20.3 Å². The number of carbonyl (C=O) groups is 2. The average molecular weight is 404 g/mol. The molecule has 0 radical (unpaired) electrons. The number of hydrogen-bond donors (Lipinski definition) is 1. The van der Waals surface area contributed by atoms with Crippen LogP contribution in [0.3, 0.4) is 0 Å². The van der Waals surface area contributed by atoms with Gasteiger partial charge in [-0.15, -0.1) is 0 Å². The summed E-state index contributed by atoms with van der Waals surface area (Å²) in [5.74, 6) is -1.49. The van der Waals surface area contributed by atoms with Gasteiger partial charge >= 0.3 is 11.9 Å². The summed E-state index contributed by atoms with van der Waals surface area (Å²) < 4.78 is 35.9. The second kappa shape index (κ2) is 9.13. The van der Waals surface area contributed by atoms with Gasteiger partial charge in [-0.25, -0.2) is 14.0 Å². The maximum absolute atomic E-state index is 14.9. The van der Waals surface area contributed by atoms with Crippen LogP contribution in [-0.4, -0.2) is 61.5 Å². The lowest BCUT2D eigenvalue weighted by molar-refractivity contribution is -0.196. The second-order valence-electron chi connectivity index (χ2n) is 6.52. The maximum atomic E-state index is 14.9. The highest BCUT2D eigenvalue weighted by atomic mass is 19.1. The third kappa shape index (κ3) is 4.45. The highest BCUT2D eigenvalue weighted by Gasteiger charge is 2.59. The molecule has 0 bridgehead atoms. The van der Waals surface area contributed by atoms with Gasteiger partial charge in [0.25, 0.3) is 0 Å². The lowest BCUT2D eigenvalue weighted by Gasteiger charge is -2.31. The first kappa shape index (κ1) is 20.9. The van der Waals surface area contributed by atoms with Crippen molar-refractivity contribution in [1.29, 1.82) is 0 Å². The van der Waals surface area contributed by atoms with E-state index in [0.717, 1.165) is 0 Å². The topological polar surface area (TPSA) is 91.3 Å². The van der Waals surface area contributed by atoms with Crippen molar-refractivity contribution in [3.63, 3.8) is 0 Å². The molecule has 1 fully saturated rings. The Morgan fingerprint density at radius 2 is 1.59 bits per heavy atom. The van der Waals surface area contributed by atoms with Gasteiger partial charge in [0, 0.05) is 7.11 Å². The first-order valence-electron chi connectivity index (χ1n) is 8.94. The Balaban J connectivity index is 1.79. The van der Waals surface area contributed by atoms with Crippen molar-refractivity contribution < 1.29 is 38.0 Å². The molecule has 2 aromatic carbocycles. The van der Waals surface area contributed by atoms with E-state index in [0.29, 0.717) is 0 Å².